The number of carbonyl (C=O) groups excluding carboxylic acids is 2. The summed E-state index contributed by atoms with van der Waals surface area (Å²) in [5, 5.41) is 3.23. The van der Waals surface area contributed by atoms with E-state index < -0.39 is 5.79 Å². The lowest BCUT2D eigenvalue weighted by Crippen LogP contribution is -2.51. The fourth-order valence-corrected chi connectivity index (χ4v) is 3.99. The maximum absolute atomic E-state index is 13.3. The van der Waals surface area contributed by atoms with E-state index in [1.54, 1.807) is 29.8 Å². The number of hydrogen-bond donors (Lipinski definition) is 1. The summed E-state index contributed by atoms with van der Waals surface area (Å²) in [6.07, 6.45) is 11.8. The molecule has 4 rings (SSSR count). The molecule has 0 bridgehead atoms. The highest BCUT2D eigenvalue weighted by atomic mass is 16.6. The maximum atomic E-state index is 13.3. The molecule has 1 aromatic heterocycles. The number of piperidine rings is 1. The number of likely N-dealkylation sites (tertiary alicyclic amines) is 1. The van der Waals surface area contributed by atoms with Crippen molar-refractivity contribution in [2.75, 3.05) is 13.1 Å². The molecule has 162 valence electrons. The summed E-state index contributed by atoms with van der Waals surface area (Å²) in [6.45, 7) is 6.84. The van der Waals surface area contributed by atoms with Gasteiger partial charge in [0.15, 0.2) is 0 Å². The van der Waals surface area contributed by atoms with Gasteiger partial charge in [0.2, 0.25) is 5.79 Å². The Hall–Kier alpha value is -2.84. The van der Waals surface area contributed by atoms with E-state index in [-0.39, 0.29) is 30.2 Å². The van der Waals surface area contributed by atoms with Crippen molar-refractivity contribution in [3.05, 3.63) is 30.5 Å². The first-order valence-electron chi connectivity index (χ1n) is 10.7. The van der Waals surface area contributed by atoms with Crippen LogP contribution in [0.2, 0.25) is 0 Å². The van der Waals surface area contributed by atoms with Crippen molar-refractivity contribution in [3.8, 4) is 0 Å². The van der Waals surface area contributed by atoms with Gasteiger partial charge in [-0.3, -0.25) is 9.36 Å². The van der Waals surface area contributed by atoms with Gasteiger partial charge in [-0.1, -0.05) is 0 Å². The second-order valence-corrected chi connectivity index (χ2v) is 8.59. The molecular formula is C21H30N6O3. The molecule has 3 aliphatic rings. The van der Waals surface area contributed by atoms with E-state index in [9.17, 15) is 9.59 Å². The van der Waals surface area contributed by atoms with Gasteiger partial charge in [-0.05, 0) is 46.5 Å². The number of aromatic nitrogens is 2. The van der Waals surface area contributed by atoms with E-state index in [2.05, 4.69) is 15.3 Å². The van der Waals surface area contributed by atoms with Crippen molar-refractivity contribution < 1.29 is 14.3 Å². The molecule has 3 heterocycles. The SMILES string of the molecule is CC(C)OC(=O)N1CCC(N(C(=O)C2=CNC(C)(n3ccnc3)N=C2)C2CC2)CC1. The number of amides is 2. The van der Waals surface area contributed by atoms with Crippen LogP contribution in [0.4, 0.5) is 4.79 Å². The highest BCUT2D eigenvalue weighted by Gasteiger charge is 2.40. The Morgan fingerprint density at radius 1 is 1.23 bits per heavy atom. The molecule has 1 saturated heterocycles. The predicted octanol–water partition coefficient (Wildman–Crippen LogP) is 2.07. The summed E-state index contributed by atoms with van der Waals surface area (Å²) < 4.78 is 7.16. The Balaban J connectivity index is 1.40. The van der Waals surface area contributed by atoms with Gasteiger partial charge in [-0.2, -0.15) is 0 Å². The van der Waals surface area contributed by atoms with Gasteiger partial charge in [-0.15, -0.1) is 0 Å². The third-order valence-corrected chi connectivity index (χ3v) is 5.84. The first kappa shape index (κ1) is 20.4. The van der Waals surface area contributed by atoms with E-state index in [0.29, 0.717) is 18.7 Å². The van der Waals surface area contributed by atoms with Gasteiger partial charge >= 0.3 is 6.09 Å². The van der Waals surface area contributed by atoms with E-state index in [0.717, 1.165) is 25.7 Å². The standard InChI is InChI=1S/C21H30N6O3/c1-15(2)30-20(29)25-9-6-18(7-10-25)27(17-4-5-17)19(28)16-12-23-21(3,24-13-16)26-11-8-22-14-26/h8,11-15,17-18,23H,4-7,9-10H2,1-3H3. The van der Waals surface area contributed by atoms with Crippen molar-refractivity contribution in [2.45, 2.75) is 70.4 Å². The van der Waals surface area contributed by atoms with E-state index in [1.807, 2.05) is 36.4 Å². The molecule has 9 nitrogen and oxygen atoms in total. The van der Waals surface area contributed by atoms with Gasteiger partial charge < -0.3 is 19.9 Å². The third-order valence-electron chi connectivity index (χ3n) is 5.84. The lowest BCUT2D eigenvalue weighted by molar-refractivity contribution is -0.130. The van der Waals surface area contributed by atoms with Crippen molar-refractivity contribution in [2.24, 2.45) is 4.99 Å². The van der Waals surface area contributed by atoms with Crippen LogP contribution in [0.5, 0.6) is 0 Å². The summed E-state index contributed by atoms with van der Waals surface area (Å²) in [5.41, 5.74) is 0.557. The zero-order chi connectivity index (χ0) is 21.3. The molecule has 0 aromatic carbocycles. The molecule has 0 radical (unpaired) electrons. The number of imidazole rings is 1. The Morgan fingerprint density at radius 2 is 1.93 bits per heavy atom. The molecule has 1 N–H and O–H groups in total. The number of ether oxygens (including phenoxy) is 1. The van der Waals surface area contributed by atoms with E-state index >= 15 is 0 Å². The topological polar surface area (TPSA) is 92.1 Å². The number of nitrogens with zero attached hydrogens (tertiary/aromatic N) is 5. The largest absolute Gasteiger partial charge is 0.447 e. The smallest absolute Gasteiger partial charge is 0.410 e. The normalized spacial score (nSPS) is 24.4. The summed E-state index contributed by atoms with van der Waals surface area (Å²) in [7, 11) is 0. The van der Waals surface area contributed by atoms with Crippen molar-refractivity contribution >= 4 is 18.2 Å². The lowest BCUT2D eigenvalue weighted by atomic mass is 10.0. The predicted molar refractivity (Wildman–Crippen MR) is 112 cm³/mol. The Morgan fingerprint density at radius 3 is 2.47 bits per heavy atom. The zero-order valence-electron chi connectivity index (χ0n) is 17.8. The molecule has 0 spiro atoms. The van der Waals surface area contributed by atoms with Crippen LogP contribution in [-0.2, 0) is 15.3 Å². The summed E-state index contributed by atoms with van der Waals surface area (Å²) in [5.74, 6) is -0.683. The van der Waals surface area contributed by atoms with Crippen LogP contribution >= 0.6 is 0 Å². The van der Waals surface area contributed by atoms with Crippen LogP contribution in [-0.4, -0.2) is 68.8 Å². The second-order valence-electron chi connectivity index (χ2n) is 8.59. The van der Waals surface area contributed by atoms with Crippen molar-refractivity contribution in [1.29, 1.82) is 0 Å². The Kier molecular flexibility index (Phi) is 5.53. The van der Waals surface area contributed by atoms with Crippen LogP contribution < -0.4 is 5.32 Å². The number of rotatable bonds is 5. The molecule has 1 unspecified atom stereocenters. The molecular weight excluding hydrogens is 384 g/mol. The Labute approximate surface area is 176 Å². The van der Waals surface area contributed by atoms with Crippen LogP contribution in [0.15, 0.2) is 35.5 Å². The second kappa shape index (κ2) is 8.12. The summed E-state index contributed by atoms with van der Waals surface area (Å²) in [4.78, 5) is 37.9. The Bertz CT molecular complexity index is 837. The van der Waals surface area contributed by atoms with E-state index in [1.165, 1.54) is 0 Å². The highest BCUT2D eigenvalue weighted by Crippen LogP contribution is 2.33. The molecule has 9 heteroatoms. The van der Waals surface area contributed by atoms with Crippen LogP contribution in [0.25, 0.3) is 0 Å². The fraction of sp³-hybridized carbons (Fsp3) is 0.619. The average molecular weight is 415 g/mol. The monoisotopic (exact) mass is 414 g/mol. The van der Waals surface area contributed by atoms with Crippen molar-refractivity contribution in [1.82, 2.24) is 24.7 Å². The number of carbonyl (C=O) groups is 2. The van der Waals surface area contributed by atoms with E-state index in [4.69, 9.17) is 4.74 Å². The molecule has 1 atom stereocenters. The molecule has 2 amide bonds. The minimum atomic E-state index is -0.688. The van der Waals surface area contributed by atoms with Gasteiger partial charge in [-0.25, -0.2) is 14.8 Å². The molecule has 30 heavy (non-hydrogen) atoms. The van der Waals surface area contributed by atoms with Crippen LogP contribution in [0.3, 0.4) is 0 Å². The highest BCUT2D eigenvalue weighted by molar-refractivity contribution is 6.12. The fourth-order valence-electron chi connectivity index (χ4n) is 3.99. The molecule has 1 aliphatic carbocycles. The third kappa shape index (κ3) is 4.20. The zero-order valence-corrected chi connectivity index (χ0v) is 17.8. The van der Waals surface area contributed by atoms with Crippen LogP contribution in [0, 0.1) is 0 Å². The number of aliphatic imine (C=N–C) groups is 1. The minimum Gasteiger partial charge on any atom is -0.447 e. The summed E-state index contributed by atoms with van der Waals surface area (Å²) in [6, 6.07) is 0.414. The first-order chi connectivity index (χ1) is 14.4. The molecule has 1 aromatic rings. The molecule has 2 aliphatic heterocycles. The quantitative estimate of drug-likeness (QED) is 0.796. The lowest BCUT2D eigenvalue weighted by Gasteiger charge is -2.39. The molecule has 1 saturated carbocycles. The van der Waals surface area contributed by atoms with Gasteiger partial charge in [0.25, 0.3) is 5.91 Å². The average Bonchev–Trinajstić information content (AvgIpc) is 3.38. The number of nitrogens with one attached hydrogen (secondary N) is 1. The summed E-state index contributed by atoms with van der Waals surface area (Å²) >= 11 is 0. The van der Waals surface area contributed by atoms with Crippen LogP contribution in [0.1, 0.15) is 46.5 Å². The van der Waals surface area contributed by atoms with Crippen molar-refractivity contribution in [3.63, 3.8) is 0 Å². The maximum Gasteiger partial charge on any atom is 0.410 e. The minimum absolute atomic E-state index is 0.00429. The molecule has 2 fully saturated rings. The van der Waals surface area contributed by atoms with Gasteiger partial charge in [0, 0.05) is 50.0 Å². The van der Waals surface area contributed by atoms with Gasteiger partial charge in [0.1, 0.15) is 0 Å². The number of hydrogen-bond acceptors (Lipinski definition) is 6. The van der Waals surface area contributed by atoms with Gasteiger partial charge in [0.05, 0.1) is 18.0 Å². The first-order valence-corrected chi connectivity index (χ1v) is 10.7.